The number of esters is 1. The molecule has 7 heteroatoms. The lowest BCUT2D eigenvalue weighted by molar-refractivity contribution is -0.145. The molecule has 25 heavy (non-hydrogen) atoms. The molecule has 1 heterocycles. The van der Waals surface area contributed by atoms with Crippen molar-refractivity contribution < 1.29 is 24.2 Å². The van der Waals surface area contributed by atoms with Crippen LogP contribution in [0.1, 0.15) is 30.6 Å². The number of hydrogen-bond donors (Lipinski definition) is 2. The smallest absolute Gasteiger partial charge is 0.326 e. The van der Waals surface area contributed by atoms with Crippen LogP contribution in [0, 0.1) is 5.92 Å². The van der Waals surface area contributed by atoms with E-state index in [9.17, 15) is 19.5 Å². The first kappa shape index (κ1) is 18.4. The summed E-state index contributed by atoms with van der Waals surface area (Å²) in [6, 6.07) is 7.46. The maximum absolute atomic E-state index is 12.6. The minimum Gasteiger partial charge on any atom is -0.480 e. The number of para-hydroxylation sites is 1. The van der Waals surface area contributed by atoms with E-state index in [1.165, 1.54) is 0 Å². The zero-order valence-corrected chi connectivity index (χ0v) is 14.1. The molecule has 0 aliphatic carbocycles. The van der Waals surface area contributed by atoms with Gasteiger partial charge in [-0.1, -0.05) is 25.1 Å². The quantitative estimate of drug-likeness (QED) is 0.744. The monoisotopic (exact) mass is 344 g/mol. The number of rotatable bonds is 7. The van der Waals surface area contributed by atoms with Crippen molar-refractivity contribution in [3.8, 4) is 0 Å². The van der Waals surface area contributed by atoms with Crippen molar-refractivity contribution >= 4 is 28.7 Å². The summed E-state index contributed by atoms with van der Waals surface area (Å²) in [4.78, 5) is 39.8. The normalized spacial score (nSPS) is 13.0. The van der Waals surface area contributed by atoms with E-state index in [0.717, 1.165) is 5.39 Å². The maximum Gasteiger partial charge on any atom is 0.326 e. The van der Waals surface area contributed by atoms with E-state index < -0.39 is 29.8 Å². The minimum absolute atomic E-state index is 0.0983. The van der Waals surface area contributed by atoms with Gasteiger partial charge in [0.25, 0.3) is 5.91 Å². The van der Waals surface area contributed by atoms with Gasteiger partial charge in [-0.05, 0) is 25.0 Å². The molecule has 0 saturated heterocycles. The summed E-state index contributed by atoms with van der Waals surface area (Å²) in [6.45, 7) is 3.47. The van der Waals surface area contributed by atoms with Crippen molar-refractivity contribution in [3.63, 3.8) is 0 Å². The summed E-state index contributed by atoms with van der Waals surface area (Å²) >= 11 is 0. The molecule has 0 radical (unpaired) electrons. The highest BCUT2D eigenvalue weighted by molar-refractivity contribution is 6.06. The van der Waals surface area contributed by atoms with E-state index >= 15 is 0 Å². The van der Waals surface area contributed by atoms with E-state index in [4.69, 9.17) is 4.74 Å². The summed E-state index contributed by atoms with van der Waals surface area (Å²) in [5, 5.41) is 12.7. The number of aromatic nitrogens is 1. The Labute approximate surface area is 145 Å². The number of pyridine rings is 1. The summed E-state index contributed by atoms with van der Waals surface area (Å²) in [6.07, 6.45) is 1.47. The van der Waals surface area contributed by atoms with Crippen LogP contribution in [-0.2, 0) is 14.3 Å². The average molecular weight is 344 g/mol. The first-order valence-electron chi connectivity index (χ1n) is 7.97. The molecule has 7 nitrogen and oxygen atoms in total. The number of amides is 1. The Morgan fingerprint density at radius 3 is 2.64 bits per heavy atom. The number of fused-ring (bicyclic) bond motifs is 1. The summed E-state index contributed by atoms with van der Waals surface area (Å²) in [7, 11) is 0. The number of carbonyl (C=O) groups is 3. The minimum atomic E-state index is -1.21. The predicted octanol–water partition coefficient (Wildman–Crippen LogP) is 2.01. The van der Waals surface area contributed by atoms with Gasteiger partial charge in [-0.15, -0.1) is 0 Å². The third kappa shape index (κ3) is 4.53. The van der Waals surface area contributed by atoms with Gasteiger partial charge in [-0.2, -0.15) is 0 Å². The van der Waals surface area contributed by atoms with Crippen LogP contribution in [0.5, 0.6) is 0 Å². The number of carbonyl (C=O) groups excluding carboxylic acids is 2. The molecule has 0 unspecified atom stereocenters. The van der Waals surface area contributed by atoms with Gasteiger partial charge < -0.3 is 15.2 Å². The van der Waals surface area contributed by atoms with Gasteiger partial charge >= 0.3 is 11.9 Å². The number of nitrogens with zero attached hydrogens (tertiary/aromatic N) is 1. The Bertz CT molecular complexity index is 785. The fourth-order valence-corrected chi connectivity index (χ4v) is 2.55. The van der Waals surface area contributed by atoms with Crippen molar-refractivity contribution in [2.45, 2.75) is 26.3 Å². The Balaban J connectivity index is 2.20. The second-order valence-electron chi connectivity index (χ2n) is 5.66. The van der Waals surface area contributed by atoms with Crippen molar-refractivity contribution in [3.05, 3.63) is 42.1 Å². The van der Waals surface area contributed by atoms with Crippen molar-refractivity contribution in [1.82, 2.24) is 10.3 Å². The van der Waals surface area contributed by atoms with Gasteiger partial charge in [-0.3, -0.25) is 14.6 Å². The Hall–Kier alpha value is -2.96. The molecule has 0 spiro atoms. The summed E-state index contributed by atoms with van der Waals surface area (Å²) in [5.74, 6) is -2.88. The highest BCUT2D eigenvalue weighted by atomic mass is 16.5. The number of hydrogen-bond acceptors (Lipinski definition) is 5. The zero-order valence-electron chi connectivity index (χ0n) is 14.1. The number of benzene rings is 1. The predicted molar refractivity (Wildman–Crippen MR) is 91.0 cm³/mol. The van der Waals surface area contributed by atoms with Crippen LogP contribution in [0.2, 0.25) is 0 Å². The highest BCUT2D eigenvalue weighted by Crippen LogP contribution is 2.17. The van der Waals surface area contributed by atoms with Gasteiger partial charge in [0.15, 0.2) is 0 Å². The Kier molecular flexibility index (Phi) is 6.05. The molecule has 0 aliphatic heterocycles. The third-order valence-corrected chi connectivity index (χ3v) is 3.79. The van der Waals surface area contributed by atoms with E-state index in [1.807, 2.05) is 12.1 Å². The molecule has 132 valence electrons. The summed E-state index contributed by atoms with van der Waals surface area (Å²) < 4.78 is 4.84. The molecular weight excluding hydrogens is 324 g/mol. The van der Waals surface area contributed by atoms with Gasteiger partial charge in [-0.25, -0.2) is 4.79 Å². The fourth-order valence-electron chi connectivity index (χ4n) is 2.55. The molecule has 2 aromatic rings. The van der Waals surface area contributed by atoms with E-state index in [0.29, 0.717) is 5.52 Å². The highest BCUT2D eigenvalue weighted by Gasteiger charge is 2.29. The number of carboxylic acid groups (broad SMARTS) is 1. The van der Waals surface area contributed by atoms with Gasteiger partial charge in [0.2, 0.25) is 0 Å². The van der Waals surface area contributed by atoms with Gasteiger partial charge in [0.05, 0.1) is 24.1 Å². The van der Waals surface area contributed by atoms with Crippen molar-refractivity contribution in [1.29, 1.82) is 0 Å². The van der Waals surface area contributed by atoms with E-state index in [2.05, 4.69) is 10.3 Å². The van der Waals surface area contributed by atoms with E-state index in [-0.39, 0.29) is 18.6 Å². The van der Waals surface area contributed by atoms with Crippen LogP contribution in [-0.4, -0.2) is 40.6 Å². The maximum atomic E-state index is 12.6. The topological polar surface area (TPSA) is 106 Å². The number of aliphatic carboxylic acids is 1. The number of ether oxygens (including phenoxy) is 1. The first-order chi connectivity index (χ1) is 11.9. The van der Waals surface area contributed by atoms with Crippen LogP contribution in [0.15, 0.2) is 36.5 Å². The van der Waals surface area contributed by atoms with Crippen LogP contribution in [0.4, 0.5) is 0 Å². The fraction of sp³-hybridized carbons (Fsp3) is 0.333. The lowest BCUT2D eigenvalue weighted by Gasteiger charge is -2.21. The molecule has 0 bridgehead atoms. The molecular formula is C18H20N2O5. The SMILES string of the molecule is CCOC(=O)C[C@H](C)[C@H](NC(=O)c1cccc2cccnc12)C(=O)O. The molecule has 1 aromatic carbocycles. The second kappa shape index (κ2) is 8.23. The third-order valence-electron chi connectivity index (χ3n) is 3.79. The van der Waals surface area contributed by atoms with Crippen LogP contribution in [0.3, 0.4) is 0 Å². The number of carboxylic acids is 1. The Morgan fingerprint density at radius 1 is 1.24 bits per heavy atom. The molecule has 0 fully saturated rings. The largest absolute Gasteiger partial charge is 0.480 e. The molecule has 0 aliphatic rings. The molecule has 2 rings (SSSR count). The Morgan fingerprint density at radius 2 is 1.96 bits per heavy atom. The summed E-state index contributed by atoms with van der Waals surface area (Å²) in [5.41, 5.74) is 0.775. The zero-order chi connectivity index (χ0) is 18.4. The van der Waals surface area contributed by atoms with E-state index in [1.54, 1.807) is 38.2 Å². The van der Waals surface area contributed by atoms with Crippen LogP contribution in [0.25, 0.3) is 10.9 Å². The molecule has 1 amide bonds. The molecule has 1 aromatic heterocycles. The average Bonchev–Trinajstić information content (AvgIpc) is 2.58. The first-order valence-corrected chi connectivity index (χ1v) is 7.97. The second-order valence-corrected chi connectivity index (χ2v) is 5.66. The van der Waals surface area contributed by atoms with Crippen LogP contribution >= 0.6 is 0 Å². The lowest BCUT2D eigenvalue weighted by Crippen LogP contribution is -2.45. The van der Waals surface area contributed by atoms with Crippen molar-refractivity contribution in [2.75, 3.05) is 6.61 Å². The molecule has 2 atom stereocenters. The van der Waals surface area contributed by atoms with Gasteiger partial charge in [0, 0.05) is 11.6 Å². The molecule has 0 saturated carbocycles. The molecule has 2 N–H and O–H groups in total. The lowest BCUT2D eigenvalue weighted by atomic mass is 9.97. The van der Waals surface area contributed by atoms with Gasteiger partial charge in [0.1, 0.15) is 6.04 Å². The standard InChI is InChI=1S/C18H20N2O5/c1-3-25-14(21)10-11(2)15(18(23)24)20-17(22)13-8-4-6-12-7-5-9-19-16(12)13/h4-9,11,15H,3,10H2,1-2H3,(H,20,22)(H,23,24)/t11-,15-/m0/s1. The van der Waals surface area contributed by atoms with Crippen LogP contribution < -0.4 is 5.32 Å². The number of nitrogens with one attached hydrogen (secondary N) is 1. The van der Waals surface area contributed by atoms with Crippen molar-refractivity contribution in [2.24, 2.45) is 5.92 Å².